The average Bonchev–Trinajstić information content (AvgIpc) is 2.90. The summed E-state index contributed by atoms with van der Waals surface area (Å²) in [4.78, 5) is 33.0. The van der Waals surface area contributed by atoms with Crippen LogP contribution in [-0.4, -0.2) is 42.1 Å². The third-order valence-electron chi connectivity index (χ3n) is 7.80. The lowest BCUT2D eigenvalue weighted by Gasteiger charge is -2.57. The molecule has 196 valence electrons. The Balaban J connectivity index is 0.947. The summed E-state index contributed by atoms with van der Waals surface area (Å²) in [5.74, 6) is 1.20. The molecule has 9 heteroatoms. The minimum absolute atomic E-state index is 0.0850. The van der Waals surface area contributed by atoms with Gasteiger partial charge >= 0.3 is 0 Å². The van der Waals surface area contributed by atoms with Gasteiger partial charge in [-0.25, -0.2) is 0 Å². The van der Waals surface area contributed by atoms with Gasteiger partial charge in [0.15, 0.2) is 5.82 Å². The van der Waals surface area contributed by atoms with Gasteiger partial charge in [-0.05, 0) is 79.6 Å². The Labute approximate surface area is 226 Å². The maximum atomic E-state index is 12.3. The second-order valence-corrected chi connectivity index (χ2v) is 10.8. The summed E-state index contributed by atoms with van der Waals surface area (Å²) in [6.45, 7) is 0. The van der Waals surface area contributed by atoms with E-state index in [-0.39, 0.29) is 24.5 Å². The van der Waals surface area contributed by atoms with Crippen molar-refractivity contribution in [1.82, 2.24) is 30.4 Å². The molecule has 0 aromatic carbocycles. The standard InChI is InChI=1S/C30H29N7O2/c38-25(13-22-5-1-3-11-31-22)14-24-7-8-26(35-34-24)20-16-30(17-20)18-21(19-30)27-9-10-28(37-36-27)33-29(39)15-23-6-2-4-12-32-23/h1-12,20-21H,13-19H2,(H,33,37,39). The van der Waals surface area contributed by atoms with Gasteiger partial charge in [0.2, 0.25) is 5.91 Å². The Morgan fingerprint density at radius 3 is 1.79 bits per heavy atom. The highest BCUT2D eigenvalue weighted by Crippen LogP contribution is 2.65. The number of carbonyl (C=O) groups is 2. The molecule has 0 unspecified atom stereocenters. The van der Waals surface area contributed by atoms with E-state index in [0.29, 0.717) is 40.9 Å². The molecular formula is C30H29N7O2. The van der Waals surface area contributed by atoms with Crippen LogP contribution >= 0.6 is 0 Å². The lowest BCUT2D eigenvalue weighted by atomic mass is 9.47. The SMILES string of the molecule is O=C(Cc1ccccn1)Cc1ccc(C2CC3(C2)CC(c2ccc(NC(=O)Cc4ccccn4)nn2)C3)nn1. The highest BCUT2D eigenvalue weighted by atomic mass is 16.1. The number of hydrogen-bond donors (Lipinski definition) is 1. The largest absolute Gasteiger partial charge is 0.309 e. The van der Waals surface area contributed by atoms with Crippen molar-refractivity contribution in [1.29, 1.82) is 0 Å². The van der Waals surface area contributed by atoms with Gasteiger partial charge in [0.05, 0.1) is 29.9 Å². The van der Waals surface area contributed by atoms with Gasteiger partial charge in [-0.15, -0.1) is 5.10 Å². The van der Waals surface area contributed by atoms with Crippen molar-refractivity contribution >= 4 is 17.5 Å². The molecule has 0 bridgehead atoms. The number of rotatable bonds is 9. The number of pyridine rings is 2. The van der Waals surface area contributed by atoms with E-state index in [1.807, 2.05) is 60.7 Å². The molecule has 2 aliphatic carbocycles. The molecule has 1 spiro atoms. The van der Waals surface area contributed by atoms with Crippen molar-refractivity contribution in [2.75, 3.05) is 5.32 Å². The molecule has 4 aromatic rings. The Morgan fingerprint density at radius 1 is 0.667 bits per heavy atom. The van der Waals surface area contributed by atoms with Crippen LogP contribution in [0.25, 0.3) is 0 Å². The number of nitrogens with zero attached hydrogens (tertiary/aromatic N) is 6. The quantitative estimate of drug-likeness (QED) is 0.352. The van der Waals surface area contributed by atoms with Crippen molar-refractivity contribution in [2.45, 2.75) is 56.8 Å². The Morgan fingerprint density at radius 2 is 1.26 bits per heavy atom. The van der Waals surface area contributed by atoms with Crippen LogP contribution in [0.1, 0.15) is 66.0 Å². The van der Waals surface area contributed by atoms with E-state index in [1.165, 1.54) is 0 Å². The predicted octanol–water partition coefficient (Wildman–Crippen LogP) is 4.03. The van der Waals surface area contributed by atoms with Gasteiger partial charge < -0.3 is 5.32 Å². The summed E-state index contributed by atoms with van der Waals surface area (Å²) < 4.78 is 0. The van der Waals surface area contributed by atoms with E-state index in [1.54, 1.807) is 12.4 Å². The first-order chi connectivity index (χ1) is 19.0. The number of Topliss-reactive ketones (excluding diaryl/α,β-unsaturated/α-hetero) is 1. The van der Waals surface area contributed by atoms with E-state index >= 15 is 0 Å². The van der Waals surface area contributed by atoms with Crippen LogP contribution in [0.5, 0.6) is 0 Å². The second kappa shape index (κ2) is 10.8. The van der Waals surface area contributed by atoms with E-state index in [9.17, 15) is 9.59 Å². The smallest absolute Gasteiger partial charge is 0.231 e. The highest BCUT2D eigenvalue weighted by molar-refractivity contribution is 5.91. The van der Waals surface area contributed by atoms with Crippen LogP contribution in [0.15, 0.2) is 73.1 Å². The average molecular weight is 520 g/mol. The number of anilines is 1. The maximum absolute atomic E-state index is 12.3. The lowest BCUT2D eigenvalue weighted by Crippen LogP contribution is -2.46. The van der Waals surface area contributed by atoms with Crippen LogP contribution in [0.4, 0.5) is 5.82 Å². The molecule has 1 amide bonds. The van der Waals surface area contributed by atoms with Crippen LogP contribution in [0, 0.1) is 5.41 Å². The number of hydrogen-bond acceptors (Lipinski definition) is 8. The van der Waals surface area contributed by atoms with Crippen LogP contribution in [0.3, 0.4) is 0 Å². The zero-order chi connectivity index (χ0) is 26.7. The molecule has 39 heavy (non-hydrogen) atoms. The monoisotopic (exact) mass is 519 g/mol. The molecule has 1 N–H and O–H groups in total. The predicted molar refractivity (Wildman–Crippen MR) is 144 cm³/mol. The molecule has 0 atom stereocenters. The van der Waals surface area contributed by atoms with Crippen molar-refractivity contribution in [2.24, 2.45) is 5.41 Å². The molecular weight excluding hydrogens is 490 g/mol. The number of aromatic nitrogens is 6. The van der Waals surface area contributed by atoms with Gasteiger partial charge in [0, 0.05) is 42.0 Å². The summed E-state index contributed by atoms with van der Waals surface area (Å²) in [6.07, 6.45) is 8.55. The van der Waals surface area contributed by atoms with E-state index < -0.39 is 0 Å². The first-order valence-corrected chi connectivity index (χ1v) is 13.3. The number of ketones is 1. The van der Waals surface area contributed by atoms with Crippen LogP contribution in [-0.2, 0) is 28.9 Å². The summed E-state index contributed by atoms with van der Waals surface area (Å²) in [7, 11) is 0. The summed E-state index contributed by atoms with van der Waals surface area (Å²) in [5.41, 5.74) is 4.53. The molecule has 2 fully saturated rings. The Kier molecular flexibility index (Phi) is 6.87. The maximum Gasteiger partial charge on any atom is 0.231 e. The highest BCUT2D eigenvalue weighted by Gasteiger charge is 2.54. The molecule has 0 aliphatic heterocycles. The van der Waals surface area contributed by atoms with Crippen molar-refractivity contribution < 1.29 is 9.59 Å². The molecule has 2 aliphatic rings. The molecule has 4 heterocycles. The molecule has 0 saturated heterocycles. The van der Waals surface area contributed by atoms with Crippen molar-refractivity contribution in [3.05, 3.63) is 102 Å². The summed E-state index contributed by atoms with van der Waals surface area (Å²) in [5, 5.41) is 20.2. The Hall–Kier alpha value is -4.40. The molecule has 0 radical (unpaired) electrons. The fourth-order valence-corrected chi connectivity index (χ4v) is 5.86. The minimum atomic E-state index is -0.161. The van der Waals surface area contributed by atoms with E-state index in [0.717, 1.165) is 42.8 Å². The van der Waals surface area contributed by atoms with E-state index in [4.69, 9.17) is 0 Å². The second-order valence-electron chi connectivity index (χ2n) is 10.8. The fourth-order valence-electron chi connectivity index (χ4n) is 5.86. The molecule has 4 aromatic heterocycles. The topological polar surface area (TPSA) is 124 Å². The van der Waals surface area contributed by atoms with Crippen molar-refractivity contribution in [3.8, 4) is 0 Å². The number of amides is 1. The first-order valence-electron chi connectivity index (χ1n) is 13.3. The zero-order valence-corrected chi connectivity index (χ0v) is 21.5. The third kappa shape index (κ3) is 5.87. The normalized spacial score (nSPS) is 21.5. The molecule has 6 rings (SSSR count). The number of carbonyl (C=O) groups excluding carboxylic acids is 2. The van der Waals surface area contributed by atoms with Gasteiger partial charge in [-0.1, -0.05) is 12.1 Å². The fraction of sp³-hybridized carbons (Fsp3) is 0.333. The lowest BCUT2D eigenvalue weighted by molar-refractivity contribution is -0.118. The number of nitrogens with one attached hydrogen (secondary N) is 1. The van der Waals surface area contributed by atoms with Crippen LogP contribution in [0.2, 0.25) is 0 Å². The summed E-state index contributed by atoms with van der Waals surface area (Å²) >= 11 is 0. The molecule has 9 nitrogen and oxygen atoms in total. The van der Waals surface area contributed by atoms with Crippen LogP contribution < -0.4 is 5.32 Å². The summed E-state index contributed by atoms with van der Waals surface area (Å²) in [6, 6.07) is 18.8. The Bertz CT molecular complexity index is 1320. The van der Waals surface area contributed by atoms with Gasteiger partial charge in [-0.3, -0.25) is 19.6 Å². The first kappa shape index (κ1) is 24.9. The third-order valence-corrected chi connectivity index (χ3v) is 7.80. The van der Waals surface area contributed by atoms with Gasteiger partial charge in [0.1, 0.15) is 5.78 Å². The molecule has 2 saturated carbocycles. The zero-order valence-electron chi connectivity index (χ0n) is 21.5. The van der Waals surface area contributed by atoms with Crippen molar-refractivity contribution in [3.63, 3.8) is 0 Å². The van der Waals surface area contributed by atoms with Gasteiger partial charge in [-0.2, -0.15) is 15.3 Å². The minimum Gasteiger partial charge on any atom is -0.309 e. The van der Waals surface area contributed by atoms with Gasteiger partial charge in [0.25, 0.3) is 0 Å². The van der Waals surface area contributed by atoms with E-state index in [2.05, 4.69) is 35.7 Å².